The molecule has 0 amide bonds. The lowest BCUT2D eigenvalue weighted by molar-refractivity contribution is -0.137. The highest BCUT2D eigenvalue weighted by Crippen LogP contribution is 2.46. The predicted octanol–water partition coefficient (Wildman–Crippen LogP) is 2.43. The van der Waals surface area contributed by atoms with Crippen LogP contribution in [-0.4, -0.2) is 24.3 Å². The van der Waals surface area contributed by atoms with Crippen LogP contribution in [0.5, 0.6) is 11.5 Å². The van der Waals surface area contributed by atoms with Crippen molar-refractivity contribution in [2.75, 3.05) is 13.2 Å². The number of hydrogen-bond acceptors (Lipinski definition) is 3. The summed E-state index contributed by atoms with van der Waals surface area (Å²) in [6.07, 6.45) is 2.46. The average Bonchev–Trinajstić information content (AvgIpc) is 3.19. The molecule has 4 nitrogen and oxygen atoms in total. The van der Waals surface area contributed by atoms with Crippen molar-refractivity contribution in [3.63, 3.8) is 0 Å². The maximum Gasteiger partial charge on any atom is 0.303 e. The lowest BCUT2D eigenvalue weighted by Crippen LogP contribution is -2.16. The highest BCUT2D eigenvalue weighted by Gasteiger charge is 2.34. The maximum absolute atomic E-state index is 10.9. The fourth-order valence-corrected chi connectivity index (χ4v) is 2.53. The minimum atomic E-state index is -0.734. The molecule has 0 spiro atoms. The first-order chi connectivity index (χ1) is 8.74. The molecule has 0 saturated heterocycles. The van der Waals surface area contributed by atoms with Gasteiger partial charge in [-0.25, -0.2) is 0 Å². The van der Waals surface area contributed by atoms with Gasteiger partial charge in [0.25, 0.3) is 0 Å². The Kier molecular flexibility index (Phi) is 2.86. The van der Waals surface area contributed by atoms with Crippen LogP contribution >= 0.6 is 0 Å². The number of benzene rings is 1. The van der Waals surface area contributed by atoms with Gasteiger partial charge in [-0.3, -0.25) is 4.79 Å². The molecule has 0 aromatic heterocycles. The molecule has 3 rings (SSSR count). The van der Waals surface area contributed by atoms with Gasteiger partial charge in [0, 0.05) is 0 Å². The minimum Gasteiger partial charge on any atom is -0.486 e. The number of hydrogen-bond donors (Lipinski definition) is 1. The Morgan fingerprint density at radius 1 is 1.28 bits per heavy atom. The summed E-state index contributed by atoms with van der Waals surface area (Å²) >= 11 is 0. The molecule has 18 heavy (non-hydrogen) atoms. The van der Waals surface area contributed by atoms with Gasteiger partial charge in [0.1, 0.15) is 13.2 Å². The first-order valence-electron chi connectivity index (χ1n) is 6.35. The molecule has 0 radical (unpaired) electrons. The van der Waals surface area contributed by atoms with Gasteiger partial charge in [-0.15, -0.1) is 0 Å². The van der Waals surface area contributed by atoms with E-state index in [0.29, 0.717) is 19.1 Å². The third-order valence-electron chi connectivity index (χ3n) is 3.58. The third kappa shape index (κ3) is 2.28. The van der Waals surface area contributed by atoms with Crippen molar-refractivity contribution in [1.82, 2.24) is 0 Å². The van der Waals surface area contributed by atoms with Crippen molar-refractivity contribution < 1.29 is 19.4 Å². The zero-order valence-electron chi connectivity index (χ0n) is 10.1. The monoisotopic (exact) mass is 248 g/mol. The number of aliphatic carboxylic acids is 1. The molecule has 1 aromatic carbocycles. The van der Waals surface area contributed by atoms with Gasteiger partial charge in [-0.1, -0.05) is 6.07 Å². The lowest BCUT2D eigenvalue weighted by Gasteiger charge is -2.21. The molecule has 1 heterocycles. The van der Waals surface area contributed by atoms with Crippen LogP contribution in [0.25, 0.3) is 0 Å². The fraction of sp³-hybridized carbons (Fsp3) is 0.500. The highest BCUT2D eigenvalue weighted by molar-refractivity contribution is 5.68. The Bertz CT molecular complexity index is 465. The molecule has 1 aliphatic heterocycles. The molecular formula is C14H16O4. The molecule has 1 unspecified atom stereocenters. The lowest BCUT2D eigenvalue weighted by atomic mass is 9.91. The summed E-state index contributed by atoms with van der Waals surface area (Å²) < 4.78 is 11.0. The van der Waals surface area contributed by atoms with E-state index in [1.165, 1.54) is 0 Å². The summed E-state index contributed by atoms with van der Waals surface area (Å²) in [6, 6.07) is 5.81. The Hall–Kier alpha value is -1.71. The van der Waals surface area contributed by atoms with Gasteiger partial charge in [-0.05, 0) is 42.4 Å². The van der Waals surface area contributed by atoms with Crippen LogP contribution in [0.3, 0.4) is 0 Å². The summed E-state index contributed by atoms with van der Waals surface area (Å²) in [7, 11) is 0. The van der Waals surface area contributed by atoms with Crippen LogP contribution in [0.1, 0.15) is 30.7 Å². The Balaban J connectivity index is 1.87. The first kappa shape index (κ1) is 11.4. The number of carboxylic acids is 1. The van der Waals surface area contributed by atoms with E-state index in [4.69, 9.17) is 14.6 Å². The summed E-state index contributed by atoms with van der Waals surface area (Å²) in [5, 5.41) is 9.00. The largest absolute Gasteiger partial charge is 0.486 e. The minimum absolute atomic E-state index is 0.110. The highest BCUT2D eigenvalue weighted by atomic mass is 16.6. The van der Waals surface area contributed by atoms with Crippen LogP contribution in [0.4, 0.5) is 0 Å². The number of carbonyl (C=O) groups is 1. The molecule has 4 heteroatoms. The summed E-state index contributed by atoms with van der Waals surface area (Å²) in [6.45, 7) is 1.14. The molecule has 2 aliphatic rings. The van der Waals surface area contributed by atoms with Crippen molar-refractivity contribution in [2.24, 2.45) is 5.92 Å². The van der Waals surface area contributed by atoms with Gasteiger partial charge < -0.3 is 14.6 Å². The molecule has 1 aromatic rings. The number of rotatable bonds is 4. The normalized spacial score (nSPS) is 19.3. The molecule has 0 bridgehead atoms. The van der Waals surface area contributed by atoms with Gasteiger partial charge in [0.15, 0.2) is 11.5 Å². The van der Waals surface area contributed by atoms with Crippen LogP contribution in [0.2, 0.25) is 0 Å². The summed E-state index contributed by atoms with van der Waals surface area (Å²) in [5.41, 5.74) is 1.06. The van der Waals surface area contributed by atoms with Crippen LogP contribution in [0.15, 0.2) is 18.2 Å². The SMILES string of the molecule is O=C(O)CC(c1ccc2c(c1)OCCO2)C1CC1. The van der Waals surface area contributed by atoms with E-state index in [1.54, 1.807) is 0 Å². The third-order valence-corrected chi connectivity index (χ3v) is 3.58. The second kappa shape index (κ2) is 4.52. The van der Waals surface area contributed by atoms with E-state index in [0.717, 1.165) is 29.9 Å². The van der Waals surface area contributed by atoms with E-state index in [9.17, 15) is 4.79 Å². The van der Waals surface area contributed by atoms with Crippen molar-refractivity contribution >= 4 is 5.97 Å². The Morgan fingerprint density at radius 3 is 2.67 bits per heavy atom. The molecule has 1 N–H and O–H groups in total. The van der Waals surface area contributed by atoms with Gasteiger partial charge in [-0.2, -0.15) is 0 Å². The van der Waals surface area contributed by atoms with E-state index < -0.39 is 5.97 Å². The van der Waals surface area contributed by atoms with Crippen molar-refractivity contribution in [3.8, 4) is 11.5 Å². The molecule has 1 aliphatic carbocycles. The van der Waals surface area contributed by atoms with E-state index >= 15 is 0 Å². The molecule has 96 valence electrons. The quantitative estimate of drug-likeness (QED) is 0.889. The van der Waals surface area contributed by atoms with Gasteiger partial charge in [0.2, 0.25) is 0 Å². The van der Waals surface area contributed by atoms with E-state index in [2.05, 4.69) is 0 Å². The summed E-state index contributed by atoms with van der Waals surface area (Å²) in [5.74, 6) is 1.40. The molecule has 1 fully saturated rings. The Morgan fingerprint density at radius 2 is 2.00 bits per heavy atom. The van der Waals surface area contributed by atoms with Gasteiger partial charge in [0.05, 0.1) is 6.42 Å². The molecule has 1 atom stereocenters. The second-order valence-corrected chi connectivity index (χ2v) is 4.94. The van der Waals surface area contributed by atoms with Crippen LogP contribution < -0.4 is 9.47 Å². The number of fused-ring (bicyclic) bond motifs is 1. The van der Waals surface area contributed by atoms with Crippen molar-refractivity contribution in [2.45, 2.75) is 25.2 Å². The number of ether oxygens (including phenoxy) is 2. The smallest absolute Gasteiger partial charge is 0.303 e. The average molecular weight is 248 g/mol. The van der Waals surface area contributed by atoms with E-state index in [-0.39, 0.29) is 12.3 Å². The zero-order chi connectivity index (χ0) is 12.5. The molecular weight excluding hydrogens is 232 g/mol. The van der Waals surface area contributed by atoms with Crippen molar-refractivity contribution in [3.05, 3.63) is 23.8 Å². The van der Waals surface area contributed by atoms with Crippen LogP contribution in [0, 0.1) is 5.92 Å². The van der Waals surface area contributed by atoms with E-state index in [1.807, 2.05) is 18.2 Å². The fourth-order valence-electron chi connectivity index (χ4n) is 2.53. The van der Waals surface area contributed by atoms with Gasteiger partial charge >= 0.3 is 5.97 Å². The number of carboxylic acid groups (broad SMARTS) is 1. The first-order valence-corrected chi connectivity index (χ1v) is 6.35. The van der Waals surface area contributed by atoms with Crippen molar-refractivity contribution in [1.29, 1.82) is 0 Å². The zero-order valence-corrected chi connectivity index (χ0v) is 10.1. The maximum atomic E-state index is 10.9. The topological polar surface area (TPSA) is 55.8 Å². The molecule has 1 saturated carbocycles. The standard InChI is InChI=1S/C14H16O4/c15-14(16)8-11(9-1-2-9)10-3-4-12-13(7-10)18-6-5-17-12/h3-4,7,9,11H,1-2,5-6,8H2,(H,15,16). The predicted molar refractivity (Wildman–Crippen MR) is 65.1 cm³/mol. The second-order valence-electron chi connectivity index (χ2n) is 4.94. The summed E-state index contributed by atoms with van der Waals surface area (Å²) in [4.78, 5) is 10.9. The Labute approximate surface area is 106 Å². The van der Waals surface area contributed by atoms with Crippen LogP contribution in [-0.2, 0) is 4.79 Å².